The Balaban J connectivity index is 1.92. The van der Waals surface area contributed by atoms with Crippen molar-refractivity contribution in [1.29, 1.82) is 0 Å². The molecule has 1 saturated carbocycles. The van der Waals surface area contributed by atoms with Gasteiger partial charge in [-0.1, -0.05) is 31.0 Å². The minimum Gasteiger partial charge on any atom is -0.466 e. The zero-order valence-corrected chi connectivity index (χ0v) is 12.3. The number of carbonyl (C=O) groups is 2. The van der Waals surface area contributed by atoms with Crippen LogP contribution in [0.3, 0.4) is 0 Å². The number of nitrogens with one attached hydrogen (secondary N) is 2. The molecule has 1 aliphatic rings. The highest BCUT2D eigenvalue weighted by atomic mass is 16.5. The fourth-order valence-corrected chi connectivity index (χ4v) is 2.69. The van der Waals surface area contributed by atoms with Gasteiger partial charge in [0.15, 0.2) is 0 Å². The second-order valence-corrected chi connectivity index (χ2v) is 5.21. The number of urea groups is 1. The first-order valence-electron chi connectivity index (χ1n) is 7.50. The molecule has 2 N–H and O–H groups in total. The lowest BCUT2D eigenvalue weighted by molar-refractivity contribution is -0.149. The third kappa shape index (κ3) is 4.48. The van der Waals surface area contributed by atoms with Crippen LogP contribution in [0.4, 0.5) is 10.5 Å². The van der Waals surface area contributed by atoms with Crippen LogP contribution in [0.1, 0.15) is 32.6 Å². The molecule has 0 aromatic heterocycles. The molecule has 5 nitrogen and oxygen atoms in total. The fraction of sp³-hybridized carbons (Fsp3) is 0.500. The molecule has 2 atom stereocenters. The number of esters is 1. The summed E-state index contributed by atoms with van der Waals surface area (Å²) in [7, 11) is 0. The molecular weight excluding hydrogens is 268 g/mol. The van der Waals surface area contributed by atoms with Gasteiger partial charge in [0.2, 0.25) is 0 Å². The van der Waals surface area contributed by atoms with Gasteiger partial charge in [0.1, 0.15) is 0 Å². The number of hydrogen-bond acceptors (Lipinski definition) is 3. The molecule has 21 heavy (non-hydrogen) atoms. The number of amides is 2. The Morgan fingerprint density at radius 3 is 2.62 bits per heavy atom. The lowest BCUT2D eigenvalue weighted by atomic mass is 9.84. The highest BCUT2D eigenvalue weighted by Gasteiger charge is 2.33. The van der Waals surface area contributed by atoms with Crippen LogP contribution in [0, 0.1) is 5.92 Å². The number of para-hydroxylation sites is 1. The van der Waals surface area contributed by atoms with Crippen molar-refractivity contribution < 1.29 is 14.3 Å². The Bertz CT molecular complexity index is 476. The van der Waals surface area contributed by atoms with Gasteiger partial charge < -0.3 is 15.4 Å². The number of hydrogen-bond donors (Lipinski definition) is 2. The Morgan fingerprint density at radius 2 is 1.90 bits per heavy atom. The summed E-state index contributed by atoms with van der Waals surface area (Å²) in [6.07, 6.45) is 3.61. The molecule has 0 radical (unpaired) electrons. The van der Waals surface area contributed by atoms with E-state index in [-0.39, 0.29) is 24.0 Å². The van der Waals surface area contributed by atoms with E-state index in [9.17, 15) is 9.59 Å². The predicted molar refractivity (Wildman–Crippen MR) is 81.0 cm³/mol. The lowest BCUT2D eigenvalue weighted by Crippen LogP contribution is -2.47. The van der Waals surface area contributed by atoms with Crippen molar-refractivity contribution in [1.82, 2.24) is 5.32 Å². The van der Waals surface area contributed by atoms with E-state index in [0.717, 1.165) is 31.4 Å². The van der Waals surface area contributed by atoms with Gasteiger partial charge in [0.25, 0.3) is 0 Å². The van der Waals surface area contributed by atoms with E-state index in [1.165, 1.54) is 0 Å². The Morgan fingerprint density at radius 1 is 1.19 bits per heavy atom. The minimum absolute atomic E-state index is 0.151. The predicted octanol–water partition coefficient (Wildman–Crippen LogP) is 2.93. The van der Waals surface area contributed by atoms with E-state index >= 15 is 0 Å². The second kappa shape index (κ2) is 7.67. The molecule has 0 unspecified atom stereocenters. The largest absolute Gasteiger partial charge is 0.466 e. The maximum Gasteiger partial charge on any atom is 0.319 e. The second-order valence-electron chi connectivity index (χ2n) is 5.21. The van der Waals surface area contributed by atoms with E-state index in [1.807, 2.05) is 30.3 Å². The average molecular weight is 290 g/mol. The van der Waals surface area contributed by atoms with Crippen LogP contribution in [0.2, 0.25) is 0 Å². The van der Waals surface area contributed by atoms with Gasteiger partial charge in [-0.25, -0.2) is 4.79 Å². The molecule has 1 aromatic rings. The van der Waals surface area contributed by atoms with Crippen molar-refractivity contribution in [3.63, 3.8) is 0 Å². The molecule has 1 aliphatic carbocycles. The molecule has 0 heterocycles. The number of anilines is 1. The third-order valence-electron chi connectivity index (χ3n) is 3.70. The van der Waals surface area contributed by atoms with Gasteiger partial charge >= 0.3 is 12.0 Å². The van der Waals surface area contributed by atoms with Gasteiger partial charge in [0.05, 0.1) is 12.5 Å². The average Bonchev–Trinajstić information content (AvgIpc) is 2.49. The third-order valence-corrected chi connectivity index (χ3v) is 3.70. The monoisotopic (exact) mass is 290 g/mol. The van der Waals surface area contributed by atoms with Crippen LogP contribution < -0.4 is 10.6 Å². The number of rotatable bonds is 4. The molecule has 2 amide bonds. The normalized spacial score (nSPS) is 21.4. The molecule has 0 bridgehead atoms. The summed E-state index contributed by atoms with van der Waals surface area (Å²) in [6.45, 7) is 2.17. The number of benzene rings is 1. The summed E-state index contributed by atoms with van der Waals surface area (Å²) in [5.41, 5.74) is 0.735. The highest BCUT2D eigenvalue weighted by Crippen LogP contribution is 2.25. The fourth-order valence-electron chi connectivity index (χ4n) is 2.69. The van der Waals surface area contributed by atoms with E-state index < -0.39 is 0 Å². The number of ether oxygens (including phenoxy) is 1. The van der Waals surface area contributed by atoms with E-state index in [0.29, 0.717) is 6.61 Å². The molecule has 0 saturated heterocycles. The molecule has 1 fully saturated rings. The summed E-state index contributed by atoms with van der Waals surface area (Å²) in [5.74, 6) is -0.442. The summed E-state index contributed by atoms with van der Waals surface area (Å²) in [5, 5.41) is 5.68. The quantitative estimate of drug-likeness (QED) is 0.838. The summed E-state index contributed by atoms with van der Waals surface area (Å²) in [6, 6.07) is 8.83. The Kier molecular flexibility index (Phi) is 5.60. The van der Waals surface area contributed by atoms with Crippen LogP contribution in [-0.2, 0) is 9.53 Å². The number of carbonyl (C=O) groups excluding carboxylic acids is 2. The van der Waals surface area contributed by atoms with Crippen molar-refractivity contribution in [2.45, 2.75) is 38.6 Å². The van der Waals surface area contributed by atoms with Crippen molar-refractivity contribution >= 4 is 17.7 Å². The van der Waals surface area contributed by atoms with E-state index in [4.69, 9.17) is 4.74 Å². The first kappa shape index (κ1) is 15.4. The van der Waals surface area contributed by atoms with Crippen molar-refractivity contribution in [2.75, 3.05) is 11.9 Å². The van der Waals surface area contributed by atoms with Crippen molar-refractivity contribution in [3.8, 4) is 0 Å². The molecule has 5 heteroatoms. The highest BCUT2D eigenvalue weighted by molar-refractivity contribution is 5.89. The van der Waals surface area contributed by atoms with Gasteiger partial charge in [-0.3, -0.25) is 4.79 Å². The standard InChI is InChI=1S/C16H22N2O3/c1-2-21-15(19)13-10-6-7-11-14(13)18-16(20)17-12-8-4-3-5-9-12/h3-5,8-9,13-14H,2,6-7,10-11H2,1H3,(H2,17,18,20)/t13-,14+/m0/s1. The van der Waals surface area contributed by atoms with Gasteiger partial charge in [-0.2, -0.15) is 0 Å². The maximum atomic E-state index is 12.0. The first-order valence-corrected chi connectivity index (χ1v) is 7.50. The zero-order valence-electron chi connectivity index (χ0n) is 12.3. The van der Waals surface area contributed by atoms with Crippen LogP contribution in [0.25, 0.3) is 0 Å². The van der Waals surface area contributed by atoms with Crippen LogP contribution in [-0.4, -0.2) is 24.6 Å². The molecule has 114 valence electrons. The SMILES string of the molecule is CCOC(=O)[C@H]1CCCC[C@H]1NC(=O)Nc1ccccc1. The summed E-state index contributed by atoms with van der Waals surface area (Å²) >= 11 is 0. The molecule has 0 spiro atoms. The summed E-state index contributed by atoms with van der Waals surface area (Å²) < 4.78 is 5.10. The summed E-state index contributed by atoms with van der Waals surface area (Å²) in [4.78, 5) is 24.0. The molecule has 2 rings (SSSR count). The van der Waals surface area contributed by atoms with Crippen molar-refractivity contribution in [2.24, 2.45) is 5.92 Å². The maximum absolute atomic E-state index is 12.0. The Hall–Kier alpha value is -2.04. The van der Waals surface area contributed by atoms with E-state index in [1.54, 1.807) is 6.92 Å². The molecular formula is C16H22N2O3. The topological polar surface area (TPSA) is 67.4 Å². The molecule has 1 aromatic carbocycles. The van der Waals surface area contributed by atoms with Crippen LogP contribution >= 0.6 is 0 Å². The smallest absolute Gasteiger partial charge is 0.319 e. The van der Waals surface area contributed by atoms with E-state index in [2.05, 4.69) is 10.6 Å². The van der Waals surface area contributed by atoms with Gasteiger partial charge in [-0.15, -0.1) is 0 Å². The minimum atomic E-state index is -0.276. The van der Waals surface area contributed by atoms with Gasteiger partial charge in [-0.05, 0) is 31.9 Å². The van der Waals surface area contributed by atoms with Gasteiger partial charge in [0, 0.05) is 11.7 Å². The Labute approximate surface area is 125 Å². The zero-order chi connectivity index (χ0) is 15.1. The van der Waals surface area contributed by atoms with Crippen LogP contribution in [0.15, 0.2) is 30.3 Å². The first-order chi connectivity index (χ1) is 10.2. The van der Waals surface area contributed by atoms with Crippen molar-refractivity contribution in [3.05, 3.63) is 30.3 Å². The molecule has 0 aliphatic heterocycles. The van der Waals surface area contributed by atoms with Crippen LogP contribution in [0.5, 0.6) is 0 Å². The lowest BCUT2D eigenvalue weighted by Gasteiger charge is -2.30.